The van der Waals surface area contributed by atoms with Crippen molar-refractivity contribution >= 4 is 30.7 Å². The molecular weight excluding hydrogens is 285 g/mol. The third-order valence-corrected chi connectivity index (χ3v) is 4.02. The van der Waals surface area contributed by atoms with E-state index in [1.165, 1.54) is 32.4 Å². The average Bonchev–Trinajstić information content (AvgIpc) is 2.77. The van der Waals surface area contributed by atoms with Crippen LogP contribution in [0, 0.1) is 5.92 Å². The van der Waals surface area contributed by atoms with Crippen molar-refractivity contribution in [3.63, 3.8) is 0 Å². The fourth-order valence-corrected chi connectivity index (χ4v) is 2.92. The molecule has 0 aromatic carbocycles. The minimum atomic E-state index is 0. The van der Waals surface area contributed by atoms with Gasteiger partial charge in [-0.2, -0.15) is 0 Å². The molecule has 2 fully saturated rings. The van der Waals surface area contributed by atoms with Crippen molar-refractivity contribution in [3.05, 3.63) is 0 Å². The van der Waals surface area contributed by atoms with E-state index in [-0.39, 0.29) is 42.7 Å². The zero-order chi connectivity index (χ0) is 12.1. The number of nitrogens with zero attached hydrogens (tertiary/aromatic N) is 1. The maximum atomic E-state index is 11.8. The molecule has 3 N–H and O–H groups in total. The van der Waals surface area contributed by atoms with E-state index in [0.29, 0.717) is 0 Å². The molecule has 1 amide bonds. The average molecular weight is 312 g/mol. The van der Waals surface area contributed by atoms with Crippen LogP contribution < -0.4 is 11.1 Å². The Balaban J connectivity index is 0.00000162. The summed E-state index contributed by atoms with van der Waals surface area (Å²) in [5, 5.41) is 3.06. The van der Waals surface area contributed by atoms with E-state index in [1.807, 2.05) is 0 Å². The topological polar surface area (TPSA) is 58.4 Å². The molecule has 0 spiro atoms. The number of carbonyl (C=O) groups is 1. The second-order valence-electron chi connectivity index (χ2n) is 5.46. The maximum absolute atomic E-state index is 11.8. The summed E-state index contributed by atoms with van der Waals surface area (Å²) >= 11 is 0. The summed E-state index contributed by atoms with van der Waals surface area (Å²) in [6.07, 6.45) is 6.83. The van der Waals surface area contributed by atoms with Gasteiger partial charge in [0.2, 0.25) is 5.91 Å². The highest BCUT2D eigenvalue weighted by molar-refractivity contribution is 5.85. The molecule has 1 saturated carbocycles. The van der Waals surface area contributed by atoms with Crippen LogP contribution in [0.5, 0.6) is 0 Å². The lowest BCUT2D eigenvalue weighted by molar-refractivity contribution is -0.124. The molecule has 0 aromatic rings. The molecule has 114 valence electrons. The smallest absolute Gasteiger partial charge is 0.223 e. The number of carbonyl (C=O) groups excluding carboxylic acids is 1. The van der Waals surface area contributed by atoms with Gasteiger partial charge < -0.3 is 16.0 Å². The molecule has 4 nitrogen and oxygen atoms in total. The van der Waals surface area contributed by atoms with E-state index in [0.717, 1.165) is 32.4 Å². The quantitative estimate of drug-likeness (QED) is 0.828. The Morgan fingerprint density at radius 1 is 1.16 bits per heavy atom. The largest absolute Gasteiger partial charge is 0.355 e. The Morgan fingerprint density at radius 2 is 1.84 bits per heavy atom. The Bertz CT molecular complexity index is 260. The molecule has 1 aliphatic carbocycles. The fraction of sp³-hybridized carbons (Fsp3) is 0.923. The molecule has 1 heterocycles. The lowest BCUT2D eigenvalue weighted by Crippen LogP contribution is -2.39. The Labute approximate surface area is 128 Å². The molecule has 2 rings (SSSR count). The first kappa shape index (κ1) is 19.0. The minimum Gasteiger partial charge on any atom is -0.355 e. The third kappa shape index (κ3) is 6.30. The monoisotopic (exact) mass is 311 g/mol. The first-order chi connectivity index (χ1) is 8.25. The van der Waals surface area contributed by atoms with Crippen LogP contribution in [0.2, 0.25) is 0 Å². The summed E-state index contributed by atoms with van der Waals surface area (Å²) in [6, 6.07) is 0.243. The summed E-state index contributed by atoms with van der Waals surface area (Å²) < 4.78 is 0. The molecule has 0 radical (unpaired) electrons. The molecule has 2 aliphatic rings. The van der Waals surface area contributed by atoms with Crippen molar-refractivity contribution in [1.82, 2.24) is 10.2 Å². The predicted molar refractivity (Wildman–Crippen MR) is 83.1 cm³/mol. The van der Waals surface area contributed by atoms with Gasteiger partial charge in [-0.25, -0.2) is 0 Å². The van der Waals surface area contributed by atoms with Crippen molar-refractivity contribution in [3.8, 4) is 0 Å². The van der Waals surface area contributed by atoms with Crippen LogP contribution in [0.3, 0.4) is 0 Å². The van der Waals surface area contributed by atoms with Gasteiger partial charge >= 0.3 is 0 Å². The summed E-state index contributed by atoms with van der Waals surface area (Å²) in [5.41, 5.74) is 5.82. The summed E-state index contributed by atoms with van der Waals surface area (Å²) in [7, 11) is 0. The SMILES string of the molecule is Cl.Cl.NC1CCC(C(=O)NCCN2CCCCC2)C1. The highest BCUT2D eigenvalue weighted by Gasteiger charge is 2.27. The number of rotatable bonds is 4. The Kier molecular flexibility index (Phi) is 9.79. The molecule has 2 unspecified atom stereocenters. The van der Waals surface area contributed by atoms with E-state index < -0.39 is 0 Å². The molecule has 1 saturated heterocycles. The zero-order valence-corrected chi connectivity index (χ0v) is 13.1. The van der Waals surface area contributed by atoms with Crippen LogP contribution in [0.4, 0.5) is 0 Å². The number of nitrogens with one attached hydrogen (secondary N) is 1. The lowest BCUT2D eigenvalue weighted by atomic mass is 10.1. The van der Waals surface area contributed by atoms with Gasteiger partial charge in [-0.1, -0.05) is 6.42 Å². The standard InChI is InChI=1S/C13H25N3O.2ClH/c14-12-5-4-11(10-12)13(17)15-6-9-16-7-2-1-3-8-16;;/h11-12H,1-10,14H2,(H,15,17);2*1H. The van der Waals surface area contributed by atoms with Crippen LogP contribution in [-0.4, -0.2) is 43.0 Å². The van der Waals surface area contributed by atoms with Crippen molar-refractivity contribution in [2.75, 3.05) is 26.2 Å². The fourth-order valence-electron chi connectivity index (χ4n) is 2.92. The maximum Gasteiger partial charge on any atom is 0.223 e. The van der Waals surface area contributed by atoms with Crippen LogP contribution >= 0.6 is 24.8 Å². The van der Waals surface area contributed by atoms with Crippen molar-refractivity contribution < 1.29 is 4.79 Å². The zero-order valence-electron chi connectivity index (χ0n) is 11.5. The van der Waals surface area contributed by atoms with Crippen LogP contribution in [0.1, 0.15) is 38.5 Å². The van der Waals surface area contributed by atoms with Crippen LogP contribution in [0.25, 0.3) is 0 Å². The second kappa shape index (κ2) is 9.81. The van der Waals surface area contributed by atoms with E-state index in [9.17, 15) is 4.79 Å². The molecule has 0 bridgehead atoms. The van der Waals surface area contributed by atoms with E-state index >= 15 is 0 Å². The molecule has 2 atom stereocenters. The number of likely N-dealkylation sites (tertiary alicyclic amines) is 1. The van der Waals surface area contributed by atoms with Gasteiger partial charge in [0.1, 0.15) is 0 Å². The number of hydrogen-bond acceptors (Lipinski definition) is 3. The Hall–Kier alpha value is -0.0300. The molecular formula is C13H27Cl2N3O. The van der Waals surface area contributed by atoms with Crippen molar-refractivity contribution in [1.29, 1.82) is 0 Å². The first-order valence-electron chi connectivity index (χ1n) is 7.01. The highest BCUT2D eigenvalue weighted by atomic mass is 35.5. The highest BCUT2D eigenvalue weighted by Crippen LogP contribution is 2.23. The van der Waals surface area contributed by atoms with E-state index in [1.54, 1.807) is 0 Å². The van der Waals surface area contributed by atoms with Gasteiger partial charge in [0, 0.05) is 25.0 Å². The summed E-state index contributed by atoms with van der Waals surface area (Å²) in [5.74, 6) is 0.390. The van der Waals surface area contributed by atoms with Gasteiger partial charge in [-0.15, -0.1) is 24.8 Å². The Morgan fingerprint density at radius 3 is 2.42 bits per heavy atom. The van der Waals surface area contributed by atoms with Gasteiger partial charge in [-0.3, -0.25) is 4.79 Å². The third-order valence-electron chi connectivity index (χ3n) is 4.02. The number of piperidine rings is 1. The van der Waals surface area contributed by atoms with Gasteiger partial charge in [-0.05, 0) is 45.2 Å². The van der Waals surface area contributed by atoms with E-state index in [4.69, 9.17) is 5.73 Å². The first-order valence-corrected chi connectivity index (χ1v) is 7.01. The molecule has 19 heavy (non-hydrogen) atoms. The van der Waals surface area contributed by atoms with Gasteiger partial charge in [0.25, 0.3) is 0 Å². The number of amides is 1. The van der Waals surface area contributed by atoms with Crippen molar-refractivity contribution in [2.45, 2.75) is 44.6 Å². The molecule has 6 heteroatoms. The van der Waals surface area contributed by atoms with Gasteiger partial charge in [0.05, 0.1) is 0 Å². The van der Waals surface area contributed by atoms with Crippen LogP contribution in [-0.2, 0) is 4.79 Å². The summed E-state index contributed by atoms with van der Waals surface area (Å²) in [4.78, 5) is 14.3. The second-order valence-corrected chi connectivity index (χ2v) is 5.46. The van der Waals surface area contributed by atoms with Crippen LogP contribution in [0.15, 0.2) is 0 Å². The normalized spacial score (nSPS) is 27.2. The predicted octanol–water partition coefficient (Wildman–Crippen LogP) is 1.56. The lowest BCUT2D eigenvalue weighted by Gasteiger charge is -2.26. The number of nitrogens with two attached hydrogens (primary N) is 1. The van der Waals surface area contributed by atoms with E-state index in [2.05, 4.69) is 10.2 Å². The number of hydrogen-bond donors (Lipinski definition) is 2. The van der Waals surface area contributed by atoms with Crippen molar-refractivity contribution in [2.24, 2.45) is 11.7 Å². The molecule has 1 aliphatic heterocycles. The number of halogens is 2. The minimum absolute atomic E-state index is 0. The molecule has 0 aromatic heterocycles. The summed E-state index contributed by atoms with van der Waals surface area (Å²) in [6.45, 7) is 4.20. The van der Waals surface area contributed by atoms with Gasteiger partial charge in [0.15, 0.2) is 0 Å².